The SMILES string of the molecule is CCc1ccccc1OCCNC(=O)Nc1c(F)cccc1F. The molecule has 0 saturated carbocycles. The molecule has 0 fully saturated rings. The van der Waals surface area contributed by atoms with Gasteiger partial charge in [-0.05, 0) is 30.2 Å². The molecule has 2 rings (SSSR count). The summed E-state index contributed by atoms with van der Waals surface area (Å²) in [5.74, 6) is -0.890. The fraction of sp³-hybridized carbons (Fsp3) is 0.235. The van der Waals surface area contributed by atoms with Crippen molar-refractivity contribution in [2.75, 3.05) is 18.5 Å². The van der Waals surface area contributed by atoms with E-state index in [0.717, 1.165) is 29.9 Å². The Balaban J connectivity index is 1.79. The quantitative estimate of drug-likeness (QED) is 0.797. The molecule has 0 aromatic heterocycles. The first-order valence-corrected chi connectivity index (χ1v) is 7.31. The van der Waals surface area contributed by atoms with E-state index in [4.69, 9.17) is 4.74 Å². The highest BCUT2D eigenvalue weighted by atomic mass is 19.1. The Kier molecular flexibility index (Phi) is 5.91. The number of nitrogens with one attached hydrogen (secondary N) is 2. The minimum atomic E-state index is -0.826. The molecule has 0 heterocycles. The van der Waals surface area contributed by atoms with Crippen molar-refractivity contribution in [3.63, 3.8) is 0 Å². The zero-order valence-corrected chi connectivity index (χ0v) is 12.7. The van der Waals surface area contributed by atoms with Gasteiger partial charge in [0.15, 0.2) is 0 Å². The molecule has 0 aliphatic heterocycles. The first kappa shape index (κ1) is 16.7. The summed E-state index contributed by atoms with van der Waals surface area (Å²) in [5, 5.41) is 4.63. The molecule has 0 aliphatic rings. The van der Waals surface area contributed by atoms with E-state index in [9.17, 15) is 13.6 Å². The van der Waals surface area contributed by atoms with Gasteiger partial charge in [0.25, 0.3) is 0 Å². The van der Waals surface area contributed by atoms with Gasteiger partial charge < -0.3 is 15.4 Å². The summed E-state index contributed by atoms with van der Waals surface area (Å²) in [4.78, 5) is 11.6. The normalized spacial score (nSPS) is 10.2. The molecule has 2 aromatic rings. The van der Waals surface area contributed by atoms with E-state index in [-0.39, 0.29) is 13.2 Å². The van der Waals surface area contributed by atoms with E-state index in [1.54, 1.807) is 0 Å². The Morgan fingerprint density at radius 2 is 1.78 bits per heavy atom. The highest BCUT2D eigenvalue weighted by Gasteiger charge is 2.11. The molecule has 2 N–H and O–H groups in total. The van der Waals surface area contributed by atoms with Crippen LogP contribution in [0.2, 0.25) is 0 Å². The summed E-state index contributed by atoms with van der Waals surface area (Å²) in [5.41, 5.74) is 0.604. The van der Waals surface area contributed by atoms with Crippen molar-refractivity contribution in [1.29, 1.82) is 0 Å². The minimum Gasteiger partial charge on any atom is -0.491 e. The van der Waals surface area contributed by atoms with Crippen molar-refractivity contribution in [1.82, 2.24) is 5.32 Å². The van der Waals surface area contributed by atoms with E-state index in [1.807, 2.05) is 31.2 Å². The van der Waals surface area contributed by atoms with Crippen molar-refractivity contribution >= 4 is 11.7 Å². The van der Waals surface area contributed by atoms with Crippen LogP contribution in [0.3, 0.4) is 0 Å². The summed E-state index contributed by atoms with van der Waals surface area (Å²) in [6, 6.07) is 10.3. The molecule has 0 bridgehead atoms. The first-order chi connectivity index (χ1) is 11.1. The molecule has 0 aliphatic carbocycles. The molecule has 6 heteroatoms. The number of rotatable bonds is 6. The largest absolute Gasteiger partial charge is 0.491 e. The van der Waals surface area contributed by atoms with Gasteiger partial charge in [-0.15, -0.1) is 0 Å². The second kappa shape index (κ2) is 8.12. The van der Waals surface area contributed by atoms with E-state index in [2.05, 4.69) is 10.6 Å². The molecule has 0 saturated heterocycles. The fourth-order valence-corrected chi connectivity index (χ4v) is 2.04. The summed E-state index contributed by atoms with van der Waals surface area (Å²) >= 11 is 0. The highest BCUT2D eigenvalue weighted by Crippen LogP contribution is 2.18. The molecule has 4 nitrogen and oxygen atoms in total. The van der Waals surface area contributed by atoms with Gasteiger partial charge in [0.05, 0.1) is 6.54 Å². The summed E-state index contributed by atoms with van der Waals surface area (Å²) in [7, 11) is 0. The van der Waals surface area contributed by atoms with Crippen LogP contribution in [-0.2, 0) is 6.42 Å². The molecule has 23 heavy (non-hydrogen) atoms. The van der Waals surface area contributed by atoms with Gasteiger partial charge in [0, 0.05) is 0 Å². The Morgan fingerprint density at radius 1 is 1.09 bits per heavy atom. The number of halogens is 2. The average Bonchev–Trinajstić information content (AvgIpc) is 2.55. The Bertz CT molecular complexity index is 657. The standard InChI is InChI=1S/C17H18F2N2O2/c1-2-12-6-3-4-9-15(12)23-11-10-20-17(22)21-16-13(18)7-5-8-14(16)19/h3-9H,2,10-11H2,1H3,(H2,20,21,22). The smallest absolute Gasteiger partial charge is 0.319 e. The van der Waals surface area contributed by atoms with Gasteiger partial charge in [0.2, 0.25) is 0 Å². The van der Waals surface area contributed by atoms with Crippen LogP contribution in [0, 0.1) is 11.6 Å². The van der Waals surface area contributed by atoms with Crippen molar-refractivity contribution in [3.8, 4) is 5.75 Å². The van der Waals surface area contributed by atoms with Crippen LogP contribution in [0.25, 0.3) is 0 Å². The van der Waals surface area contributed by atoms with Crippen molar-refractivity contribution in [2.45, 2.75) is 13.3 Å². The molecule has 0 unspecified atom stereocenters. The molecule has 2 amide bonds. The second-order valence-electron chi connectivity index (χ2n) is 4.79. The van der Waals surface area contributed by atoms with Crippen LogP contribution in [0.5, 0.6) is 5.75 Å². The third kappa shape index (κ3) is 4.67. The lowest BCUT2D eigenvalue weighted by Gasteiger charge is -2.12. The molecular formula is C17H18F2N2O2. The minimum absolute atomic E-state index is 0.208. The summed E-state index contributed by atoms with van der Waals surface area (Å²) in [6.45, 7) is 2.49. The van der Waals surface area contributed by atoms with Crippen LogP contribution in [0.1, 0.15) is 12.5 Å². The van der Waals surface area contributed by atoms with Crippen molar-refractivity contribution in [2.24, 2.45) is 0 Å². The number of carbonyl (C=O) groups excluding carboxylic acids is 1. The number of urea groups is 1. The lowest BCUT2D eigenvalue weighted by atomic mass is 10.1. The number of benzene rings is 2. The van der Waals surface area contributed by atoms with E-state index >= 15 is 0 Å². The van der Waals surface area contributed by atoms with Crippen LogP contribution in [0.4, 0.5) is 19.3 Å². The fourth-order valence-electron chi connectivity index (χ4n) is 2.04. The monoisotopic (exact) mass is 320 g/mol. The lowest BCUT2D eigenvalue weighted by Crippen LogP contribution is -2.32. The molecule has 0 radical (unpaired) electrons. The van der Waals surface area contributed by atoms with Crippen LogP contribution >= 0.6 is 0 Å². The van der Waals surface area contributed by atoms with Crippen molar-refractivity contribution in [3.05, 3.63) is 59.7 Å². The van der Waals surface area contributed by atoms with Gasteiger partial charge in [-0.3, -0.25) is 0 Å². The first-order valence-electron chi connectivity index (χ1n) is 7.31. The second-order valence-corrected chi connectivity index (χ2v) is 4.79. The van der Waals surface area contributed by atoms with E-state index in [1.165, 1.54) is 6.07 Å². The number of carbonyl (C=O) groups is 1. The van der Waals surface area contributed by atoms with Crippen LogP contribution in [0.15, 0.2) is 42.5 Å². The number of hydrogen-bond acceptors (Lipinski definition) is 2. The Morgan fingerprint density at radius 3 is 2.48 bits per heavy atom. The van der Waals surface area contributed by atoms with Gasteiger partial charge in [-0.25, -0.2) is 13.6 Å². The zero-order valence-electron chi connectivity index (χ0n) is 12.7. The lowest BCUT2D eigenvalue weighted by molar-refractivity contribution is 0.247. The maximum atomic E-state index is 13.4. The highest BCUT2D eigenvalue weighted by molar-refractivity contribution is 5.89. The Hall–Kier alpha value is -2.63. The number of ether oxygens (including phenoxy) is 1. The van der Waals surface area contributed by atoms with Gasteiger partial charge in [-0.1, -0.05) is 31.2 Å². The topological polar surface area (TPSA) is 50.4 Å². The predicted molar refractivity (Wildman–Crippen MR) is 84.7 cm³/mol. The third-order valence-electron chi connectivity index (χ3n) is 3.20. The number of amides is 2. The Labute approximate surface area is 133 Å². The van der Waals surface area contributed by atoms with E-state index < -0.39 is 23.4 Å². The third-order valence-corrected chi connectivity index (χ3v) is 3.20. The number of anilines is 1. The molecule has 2 aromatic carbocycles. The van der Waals surface area contributed by atoms with Crippen LogP contribution < -0.4 is 15.4 Å². The molecule has 122 valence electrons. The molecule has 0 atom stereocenters. The number of aryl methyl sites for hydroxylation is 1. The van der Waals surface area contributed by atoms with Gasteiger partial charge in [-0.2, -0.15) is 0 Å². The van der Waals surface area contributed by atoms with Crippen molar-refractivity contribution < 1.29 is 18.3 Å². The van der Waals surface area contributed by atoms with E-state index in [0.29, 0.717) is 0 Å². The maximum Gasteiger partial charge on any atom is 0.319 e. The molecular weight excluding hydrogens is 302 g/mol. The zero-order chi connectivity index (χ0) is 16.7. The summed E-state index contributed by atoms with van der Waals surface area (Å²) < 4.78 is 32.4. The predicted octanol–water partition coefficient (Wildman–Crippen LogP) is 3.73. The number of hydrogen-bond donors (Lipinski definition) is 2. The average molecular weight is 320 g/mol. The van der Waals surface area contributed by atoms with Gasteiger partial charge >= 0.3 is 6.03 Å². The maximum absolute atomic E-state index is 13.4. The number of para-hydroxylation sites is 2. The van der Waals surface area contributed by atoms with Gasteiger partial charge in [0.1, 0.15) is 29.7 Å². The van der Waals surface area contributed by atoms with Crippen LogP contribution in [-0.4, -0.2) is 19.2 Å². The summed E-state index contributed by atoms with van der Waals surface area (Å²) in [6.07, 6.45) is 0.844. The molecule has 0 spiro atoms.